The minimum atomic E-state index is 0.269. The van der Waals surface area contributed by atoms with Gasteiger partial charge in [0.15, 0.2) is 0 Å². The fourth-order valence-corrected chi connectivity index (χ4v) is 4.91. The van der Waals surface area contributed by atoms with Gasteiger partial charge in [-0.3, -0.25) is 4.90 Å². The molecule has 1 saturated heterocycles. The second-order valence-electron chi connectivity index (χ2n) is 7.04. The molecule has 1 aliphatic heterocycles. The number of nitrogens with zero attached hydrogens (tertiary/aromatic N) is 1. The van der Waals surface area contributed by atoms with Gasteiger partial charge in [-0.1, -0.05) is 66.2 Å². The van der Waals surface area contributed by atoms with Gasteiger partial charge >= 0.3 is 0 Å². The van der Waals surface area contributed by atoms with Crippen LogP contribution in [-0.4, -0.2) is 36.0 Å². The summed E-state index contributed by atoms with van der Waals surface area (Å²) in [6, 6.07) is 23.7. The van der Waals surface area contributed by atoms with Gasteiger partial charge in [-0.25, -0.2) is 0 Å². The van der Waals surface area contributed by atoms with E-state index >= 15 is 0 Å². The Morgan fingerprint density at radius 2 is 1.74 bits per heavy atom. The fraction of sp³-hybridized carbons (Fsp3) is 0.304. The smallest absolute Gasteiger partial charge is 0.0452 e. The van der Waals surface area contributed by atoms with E-state index in [2.05, 4.69) is 82.6 Å². The van der Waals surface area contributed by atoms with Crippen molar-refractivity contribution in [1.82, 2.24) is 10.2 Å². The van der Waals surface area contributed by atoms with Crippen LogP contribution in [0.2, 0.25) is 5.02 Å². The lowest BCUT2D eigenvalue weighted by Gasteiger charge is -2.31. The van der Waals surface area contributed by atoms with Crippen molar-refractivity contribution in [3.05, 3.63) is 82.9 Å². The molecule has 0 aromatic heterocycles. The van der Waals surface area contributed by atoms with Crippen molar-refractivity contribution in [3.63, 3.8) is 0 Å². The van der Waals surface area contributed by atoms with Crippen LogP contribution in [0, 0.1) is 0 Å². The lowest BCUT2D eigenvalue weighted by molar-refractivity contribution is 0.264. The molecule has 1 unspecified atom stereocenters. The number of rotatable bonds is 6. The van der Waals surface area contributed by atoms with E-state index in [1.54, 1.807) is 0 Å². The van der Waals surface area contributed by atoms with Crippen molar-refractivity contribution in [2.75, 3.05) is 31.1 Å². The van der Waals surface area contributed by atoms with Crippen LogP contribution in [0.1, 0.15) is 17.2 Å². The molecule has 0 radical (unpaired) electrons. The average molecular weight is 397 g/mol. The molecule has 27 heavy (non-hydrogen) atoms. The lowest BCUT2D eigenvalue weighted by Crippen LogP contribution is -2.39. The highest BCUT2D eigenvalue weighted by Gasteiger charge is 2.18. The van der Waals surface area contributed by atoms with E-state index in [0.717, 1.165) is 31.2 Å². The van der Waals surface area contributed by atoms with E-state index in [-0.39, 0.29) is 6.04 Å². The molecule has 1 aliphatic rings. The van der Waals surface area contributed by atoms with Crippen molar-refractivity contribution >= 4 is 34.1 Å². The molecular weight excluding hydrogens is 372 g/mol. The van der Waals surface area contributed by atoms with Gasteiger partial charge in [0, 0.05) is 48.7 Å². The Balaban J connectivity index is 1.54. The normalized spacial score (nSPS) is 16.5. The van der Waals surface area contributed by atoms with Crippen molar-refractivity contribution < 1.29 is 0 Å². The van der Waals surface area contributed by atoms with E-state index in [9.17, 15) is 0 Å². The predicted octanol–water partition coefficient (Wildman–Crippen LogP) is 5.37. The van der Waals surface area contributed by atoms with Gasteiger partial charge in [0.05, 0.1) is 0 Å². The van der Waals surface area contributed by atoms with Crippen LogP contribution in [-0.2, 0) is 6.54 Å². The lowest BCUT2D eigenvalue weighted by atomic mass is 10.0. The Hall–Kier alpha value is -1.52. The van der Waals surface area contributed by atoms with Crippen molar-refractivity contribution in [2.45, 2.75) is 12.6 Å². The molecule has 4 rings (SSSR count). The van der Waals surface area contributed by atoms with E-state index in [1.807, 2.05) is 6.07 Å². The highest BCUT2D eigenvalue weighted by molar-refractivity contribution is 7.99. The van der Waals surface area contributed by atoms with E-state index in [1.165, 1.54) is 33.4 Å². The standard InChI is InChI=1S/C23H25ClN2S/c24-21-9-4-7-19(15-21)23(17-26-11-13-27-14-12-26)25-16-20-8-3-6-18-5-1-2-10-22(18)20/h1-10,15,23,25H,11-14,16-17H2. The third kappa shape index (κ3) is 4.85. The van der Waals surface area contributed by atoms with Gasteiger partial charge in [0.1, 0.15) is 0 Å². The van der Waals surface area contributed by atoms with Gasteiger partial charge in [0.25, 0.3) is 0 Å². The zero-order valence-corrected chi connectivity index (χ0v) is 17.0. The molecule has 1 atom stereocenters. The molecule has 4 heteroatoms. The maximum Gasteiger partial charge on any atom is 0.0452 e. The van der Waals surface area contributed by atoms with Crippen LogP contribution in [0.4, 0.5) is 0 Å². The van der Waals surface area contributed by atoms with Crippen LogP contribution in [0.3, 0.4) is 0 Å². The summed E-state index contributed by atoms with van der Waals surface area (Å²) in [4.78, 5) is 2.57. The summed E-state index contributed by atoms with van der Waals surface area (Å²) in [6.45, 7) is 4.20. The monoisotopic (exact) mass is 396 g/mol. The minimum absolute atomic E-state index is 0.269. The van der Waals surface area contributed by atoms with Gasteiger partial charge in [-0.2, -0.15) is 11.8 Å². The van der Waals surface area contributed by atoms with Gasteiger partial charge in [0.2, 0.25) is 0 Å². The molecule has 0 aliphatic carbocycles. The summed E-state index contributed by atoms with van der Waals surface area (Å²) >= 11 is 8.33. The quantitative estimate of drug-likeness (QED) is 0.602. The zero-order chi connectivity index (χ0) is 18.5. The summed E-state index contributed by atoms with van der Waals surface area (Å²) in [7, 11) is 0. The molecule has 140 valence electrons. The Morgan fingerprint density at radius 3 is 2.59 bits per heavy atom. The van der Waals surface area contributed by atoms with Crippen LogP contribution in [0.15, 0.2) is 66.7 Å². The topological polar surface area (TPSA) is 15.3 Å². The van der Waals surface area contributed by atoms with Gasteiger partial charge in [-0.05, 0) is 34.0 Å². The first kappa shape index (κ1) is 18.8. The molecule has 1 heterocycles. The average Bonchev–Trinajstić information content (AvgIpc) is 2.72. The summed E-state index contributed by atoms with van der Waals surface area (Å²) in [6.07, 6.45) is 0. The Kier molecular flexibility index (Phi) is 6.36. The van der Waals surface area contributed by atoms with Gasteiger partial charge in [-0.15, -0.1) is 0 Å². The number of benzene rings is 3. The summed E-state index contributed by atoms with van der Waals surface area (Å²) in [5.41, 5.74) is 2.61. The molecule has 0 saturated carbocycles. The van der Waals surface area contributed by atoms with Crippen molar-refractivity contribution in [3.8, 4) is 0 Å². The predicted molar refractivity (Wildman–Crippen MR) is 119 cm³/mol. The van der Waals surface area contributed by atoms with E-state index in [4.69, 9.17) is 11.6 Å². The number of hydrogen-bond donors (Lipinski definition) is 1. The molecule has 1 N–H and O–H groups in total. The first-order valence-electron chi connectivity index (χ1n) is 9.55. The Labute approximate surface area is 170 Å². The molecule has 0 bridgehead atoms. The largest absolute Gasteiger partial charge is 0.305 e. The van der Waals surface area contributed by atoms with Crippen LogP contribution < -0.4 is 5.32 Å². The molecular formula is C23H25ClN2S. The zero-order valence-electron chi connectivity index (χ0n) is 15.4. The molecule has 0 spiro atoms. The third-order valence-electron chi connectivity index (χ3n) is 5.21. The second kappa shape index (κ2) is 9.11. The van der Waals surface area contributed by atoms with Crippen LogP contribution >= 0.6 is 23.4 Å². The number of nitrogens with one attached hydrogen (secondary N) is 1. The Bertz CT molecular complexity index is 887. The summed E-state index contributed by atoms with van der Waals surface area (Å²) in [5.74, 6) is 2.46. The highest BCUT2D eigenvalue weighted by atomic mass is 35.5. The minimum Gasteiger partial charge on any atom is -0.305 e. The Morgan fingerprint density at radius 1 is 0.963 bits per heavy atom. The maximum atomic E-state index is 6.28. The highest BCUT2D eigenvalue weighted by Crippen LogP contribution is 2.23. The van der Waals surface area contributed by atoms with Crippen molar-refractivity contribution in [1.29, 1.82) is 0 Å². The molecule has 3 aromatic rings. The number of fused-ring (bicyclic) bond motifs is 1. The summed E-state index contributed by atoms with van der Waals surface area (Å²) in [5, 5.41) is 7.24. The summed E-state index contributed by atoms with van der Waals surface area (Å²) < 4.78 is 0. The SMILES string of the molecule is Clc1cccc(C(CN2CCSCC2)NCc2cccc3ccccc23)c1. The van der Waals surface area contributed by atoms with E-state index in [0.29, 0.717) is 0 Å². The second-order valence-corrected chi connectivity index (χ2v) is 8.70. The first-order valence-corrected chi connectivity index (χ1v) is 11.1. The molecule has 1 fully saturated rings. The van der Waals surface area contributed by atoms with Gasteiger partial charge < -0.3 is 5.32 Å². The van der Waals surface area contributed by atoms with Crippen molar-refractivity contribution in [2.24, 2.45) is 0 Å². The maximum absolute atomic E-state index is 6.28. The molecule has 3 aromatic carbocycles. The van der Waals surface area contributed by atoms with Crippen LogP contribution in [0.25, 0.3) is 10.8 Å². The molecule has 2 nitrogen and oxygen atoms in total. The first-order chi connectivity index (χ1) is 13.3. The number of halogens is 1. The number of thioether (sulfide) groups is 1. The fourth-order valence-electron chi connectivity index (χ4n) is 3.73. The molecule has 0 amide bonds. The third-order valence-corrected chi connectivity index (χ3v) is 6.39. The van der Waals surface area contributed by atoms with E-state index < -0.39 is 0 Å². The number of hydrogen-bond acceptors (Lipinski definition) is 3. The van der Waals surface area contributed by atoms with Crippen LogP contribution in [0.5, 0.6) is 0 Å².